The Morgan fingerprint density at radius 1 is 1.39 bits per heavy atom. The van der Waals surface area contributed by atoms with Crippen LogP contribution in [0, 0.1) is 5.92 Å². The maximum atomic E-state index is 12.3. The van der Waals surface area contributed by atoms with Gasteiger partial charge in [-0.1, -0.05) is 0 Å². The standard InChI is InChI=1S/C11H22N2O3S.ClH/c1-9-10(2)13(5-4-12-9)17(14,15)8-11-3-6-16-7-11;/h9-12H,3-8H2,1-2H3;1H. The van der Waals surface area contributed by atoms with Crippen molar-refractivity contribution in [2.45, 2.75) is 32.4 Å². The normalized spacial score (nSPS) is 34.2. The number of halogens is 1. The number of piperazine rings is 1. The molecule has 5 nitrogen and oxygen atoms in total. The van der Waals surface area contributed by atoms with Crippen molar-refractivity contribution in [2.75, 3.05) is 32.1 Å². The molecule has 0 spiro atoms. The van der Waals surface area contributed by atoms with Gasteiger partial charge >= 0.3 is 0 Å². The summed E-state index contributed by atoms with van der Waals surface area (Å²) < 4.78 is 31.6. The van der Waals surface area contributed by atoms with Gasteiger partial charge in [-0.25, -0.2) is 8.42 Å². The Hall–Kier alpha value is 0.120. The smallest absolute Gasteiger partial charge is 0.214 e. The van der Waals surface area contributed by atoms with E-state index >= 15 is 0 Å². The van der Waals surface area contributed by atoms with Gasteiger partial charge in [-0.2, -0.15) is 4.31 Å². The molecule has 1 N–H and O–H groups in total. The number of nitrogens with one attached hydrogen (secondary N) is 1. The monoisotopic (exact) mass is 298 g/mol. The van der Waals surface area contributed by atoms with E-state index < -0.39 is 10.0 Å². The summed E-state index contributed by atoms with van der Waals surface area (Å²) in [5.41, 5.74) is 0. The quantitative estimate of drug-likeness (QED) is 0.822. The molecule has 2 heterocycles. The minimum atomic E-state index is -3.14. The van der Waals surface area contributed by atoms with Gasteiger partial charge in [0.2, 0.25) is 10.0 Å². The van der Waals surface area contributed by atoms with Crippen LogP contribution in [-0.2, 0) is 14.8 Å². The Morgan fingerprint density at radius 2 is 2.11 bits per heavy atom. The van der Waals surface area contributed by atoms with Crippen LogP contribution in [0.2, 0.25) is 0 Å². The van der Waals surface area contributed by atoms with Crippen molar-refractivity contribution in [1.82, 2.24) is 9.62 Å². The number of ether oxygens (including phenoxy) is 1. The van der Waals surface area contributed by atoms with Crippen LogP contribution in [0.25, 0.3) is 0 Å². The lowest BCUT2D eigenvalue weighted by molar-refractivity contribution is 0.187. The van der Waals surface area contributed by atoms with Gasteiger partial charge in [0.15, 0.2) is 0 Å². The van der Waals surface area contributed by atoms with Crippen LogP contribution in [0.3, 0.4) is 0 Å². The van der Waals surface area contributed by atoms with Gasteiger partial charge in [0.25, 0.3) is 0 Å². The summed E-state index contributed by atoms with van der Waals surface area (Å²) in [6.07, 6.45) is 0.870. The van der Waals surface area contributed by atoms with Crippen molar-refractivity contribution in [3.05, 3.63) is 0 Å². The van der Waals surface area contributed by atoms with Crippen molar-refractivity contribution < 1.29 is 13.2 Å². The topological polar surface area (TPSA) is 58.6 Å². The van der Waals surface area contributed by atoms with Gasteiger partial charge in [-0.15, -0.1) is 12.4 Å². The van der Waals surface area contributed by atoms with Gasteiger partial charge in [-0.05, 0) is 26.2 Å². The molecule has 0 radical (unpaired) electrons. The molecule has 0 aromatic heterocycles. The zero-order chi connectivity index (χ0) is 12.5. The summed E-state index contributed by atoms with van der Waals surface area (Å²) in [6.45, 7) is 6.63. The second-order valence-electron chi connectivity index (χ2n) is 5.10. The number of sulfonamides is 1. The van der Waals surface area contributed by atoms with E-state index in [0.29, 0.717) is 19.8 Å². The fourth-order valence-corrected chi connectivity index (χ4v) is 4.64. The third-order valence-corrected chi connectivity index (χ3v) is 5.93. The van der Waals surface area contributed by atoms with E-state index in [0.717, 1.165) is 13.0 Å². The van der Waals surface area contributed by atoms with Gasteiger partial charge in [-0.3, -0.25) is 0 Å². The Morgan fingerprint density at radius 3 is 2.72 bits per heavy atom. The molecular formula is C11H23ClN2O3S. The van der Waals surface area contributed by atoms with Crippen molar-refractivity contribution >= 4 is 22.4 Å². The number of nitrogens with zero attached hydrogens (tertiary/aromatic N) is 1. The average Bonchev–Trinajstić information content (AvgIpc) is 2.73. The first-order valence-electron chi connectivity index (χ1n) is 6.31. The predicted octanol–water partition coefficient (Wildman–Crippen LogP) is 0.457. The maximum absolute atomic E-state index is 12.3. The summed E-state index contributed by atoms with van der Waals surface area (Å²) in [5.74, 6) is 0.418. The number of hydrogen-bond donors (Lipinski definition) is 1. The Kier molecular flexibility index (Phi) is 5.86. The molecule has 2 aliphatic rings. The molecule has 3 unspecified atom stereocenters. The maximum Gasteiger partial charge on any atom is 0.214 e. The molecule has 0 bridgehead atoms. The van der Waals surface area contributed by atoms with E-state index in [-0.39, 0.29) is 36.2 Å². The van der Waals surface area contributed by atoms with Crippen LogP contribution in [0.1, 0.15) is 20.3 Å². The van der Waals surface area contributed by atoms with Gasteiger partial charge < -0.3 is 10.1 Å². The SMILES string of the molecule is CC1NCCN(S(=O)(=O)CC2CCOC2)C1C.Cl. The molecule has 0 aliphatic carbocycles. The van der Waals surface area contributed by atoms with Crippen molar-refractivity contribution in [1.29, 1.82) is 0 Å². The van der Waals surface area contributed by atoms with Crippen molar-refractivity contribution in [3.8, 4) is 0 Å². The second kappa shape index (κ2) is 6.52. The van der Waals surface area contributed by atoms with Crippen LogP contribution in [0.4, 0.5) is 0 Å². The van der Waals surface area contributed by atoms with E-state index in [1.807, 2.05) is 13.8 Å². The summed E-state index contributed by atoms with van der Waals surface area (Å²) in [7, 11) is -3.14. The Labute approximate surface area is 116 Å². The molecule has 2 aliphatic heterocycles. The molecule has 0 aromatic carbocycles. The van der Waals surface area contributed by atoms with Crippen LogP contribution in [-0.4, -0.2) is 56.9 Å². The molecule has 2 fully saturated rings. The summed E-state index contributed by atoms with van der Waals surface area (Å²) in [4.78, 5) is 0. The Bertz CT molecular complexity index is 357. The van der Waals surface area contributed by atoms with Crippen molar-refractivity contribution in [3.63, 3.8) is 0 Å². The molecule has 3 atom stereocenters. The highest BCUT2D eigenvalue weighted by atomic mass is 35.5. The van der Waals surface area contributed by atoms with Crippen LogP contribution < -0.4 is 5.32 Å². The van der Waals surface area contributed by atoms with E-state index in [1.54, 1.807) is 4.31 Å². The van der Waals surface area contributed by atoms with Crippen LogP contribution in [0.15, 0.2) is 0 Å². The van der Waals surface area contributed by atoms with E-state index in [4.69, 9.17) is 4.74 Å². The fourth-order valence-electron chi connectivity index (χ4n) is 2.53. The van der Waals surface area contributed by atoms with Crippen LogP contribution >= 0.6 is 12.4 Å². The number of rotatable bonds is 3. The molecule has 108 valence electrons. The summed E-state index contributed by atoms with van der Waals surface area (Å²) >= 11 is 0. The summed E-state index contributed by atoms with van der Waals surface area (Å²) in [6, 6.07) is 0.259. The minimum Gasteiger partial charge on any atom is -0.381 e. The zero-order valence-electron chi connectivity index (χ0n) is 11.0. The fraction of sp³-hybridized carbons (Fsp3) is 1.00. The zero-order valence-corrected chi connectivity index (χ0v) is 12.6. The molecule has 2 saturated heterocycles. The molecule has 0 saturated carbocycles. The molecular weight excluding hydrogens is 276 g/mol. The predicted molar refractivity (Wildman–Crippen MR) is 73.6 cm³/mol. The molecule has 2 rings (SSSR count). The Balaban J connectivity index is 0.00000162. The van der Waals surface area contributed by atoms with Gasteiger partial charge in [0.1, 0.15) is 0 Å². The van der Waals surface area contributed by atoms with E-state index in [9.17, 15) is 8.42 Å². The lowest BCUT2D eigenvalue weighted by Gasteiger charge is -2.37. The molecule has 18 heavy (non-hydrogen) atoms. The first-order chi connectivity index (χ1) is 8.00. The van der Waals surface area contributed by atoms with Gasteiger partial charge in [0, 0.05) is 31.8 Å². The lowest BCUT2D eigenvalue weighted by atomic mass is 10.1. The van der Waals surface area contributed by atoms with Crippen molar-refractivity contribution in [2.24, 2.45) is 5.92 Å². The first kappa shape index (κ1) is 16.2. The highest BCUT2D eigenvalue weighted by Gasteiger charge is 2.35. The van der Waals surface area contributed by atoms with Gasteiger partial charge in [0.05, 0.1) is 12.4 Å². The average molecular weight is 299 g/mol. The second-order valence-corrected chi connectivity index (χ2v) is 7.07. The molecule has 0 aromatic rings. The third-order valence-electron chi connectivity index (χ3n) is 3.80. The lowest BCUT2D eigenvalue weighted by Crippen LogP contribution is -2.57. The number of hydrogen-bond acceptors (Lipinski definition) is 4. The van der Waals surface area contributed by atoms with Crippen LogP contribution in [0.5, 0.6) is 0 Å². The third kappa shape index (κ3) is 3.57. The molecule has 0 amide bonds. The van der Waals surface area contributed by atoms with E-state index in [2.05, 4.69) is 5.32 Å². The minimum absolute atomic E-state index is 0. The summed E-state index contributed by atoms with van der Waals surface area (Å²) in [5, 5.41) is 3.30. The largest absolute Gasteiger partial charge is 0.381 e. The first-order valence-corrected chi connectivity index (χ1v) is 7.92. The molecule has 7 heteroatoms. The highest BCUT2D eigenvalue weighted by molar-refractivity contribution is 7.89. The highest BCUT2D eigenvalue weighted by Crippen LogP contribution is 2.20. The van der Waals surface area contributed by atoms with E-state index in [1.165, 1.54) is 0 Å².